The van der Waals surface area contributed by atoms with Crippen LogP contribution in [-0.4, -0.2) is 20.4 Å². The van der Waals surface area contributed by atoms with Crippen LogP contribution >= 0.6 is 0 Å². The van der Waals surface area contributed by atoms with E-state index < -0.39 is 4.92 Å². The molecule has 0 aliphatic carbocycles. The molecule has 0 saturated heterocycles. The predicted molar refractivity (Wildman–Crippen MR) is 92.3 cm³/mol. The number of amides is 1. The molecule has 0 saturated carbocycles. The molecule has 0 unspecified atom stereocenters. The first-order valence-electron chi connectivity index (χ1n) is 7.53. The van der Waals surface area contributed by atoms with Gasteiger partial charge < -0.3 is 5.32 Å². The number of nitrogens with one attached hydrogen (secondary N) is 1. The van der Waals surface area contributed by atoms with Crippen molar-refractivity contribution in [1.82, 2.24) is 9.55 Å². The minimum absolute atomic E-state index is 0.106. The topological polar surface area (TPSA) is 107 Å². The second-order valence-corrected chi connectivity index (χ2v) is 5.37. The molecular formula is C17H14N4O4. The van der Waals surface area contributed by atoms with Crippen LogP contribution in [0.15, 0.2) is 59.7 Å². The number of carbonyl (C=O) groups is 1. The first-order valence-corrected chi connectivity index (χ1v) is 7.53. The Morgan fingerprint density at radius 2 is 1.96 bits per heavy atom. The second kappa shape index (κ2) is 6.91. The number of hydrogen-bond donors (Lipinski definition) is 1. The molecule has 1 aromatic heterocycles. The summed E-state index contributed by atoms with van der Waals surface area (Å²) >= 11 is 0. The standard InChI is InChI=1S/C17H14N4O4/c22-16(19-12-4-2-1-3-5-12)8-9-20-11-18-15-10-13(21(24)25)6-7-14(15)17(20)23/h1-7,10-11H,8-9H2,(H,19,22). The van der Waals surface area contributed by atoms with Crippen LogP contribution in [-0.2, 0) is 11.3 Å². The lowest BCUT2D eigenvalue weighted by Crippen LogP contribution is -2.23. The Morgan fingerprint density at radius 3 is 2.68 bits per heavy atom. The molecule has 0 radical (unpaired) electrons. The van der Waals surface area contributed by atoms with Crippen LogP contribution in [0.4, 0.5) is 11.4 Å². The van der Waals surface area contributed by atoms with Crippen LogP contribution in [0, 0.1) is 10.1 Å². The van der Waals surface area contributed by atoms with E-state index in [1.54, 1.807) is 12.1 Å². The van der Waals surface area contributed by atoms with E-state index in [1.165, 1.54) is 29.1 Å². The summed E-state index contributed by atoms with van der Waals surface area (Å²) in [5, 5.41) is 13.8. The van der Waals surface area contributed by atoms with Crippen LogP contribution < -0.4 is 10.9 Å². The number of carbonyl (C=O) groups excluding carboxylic acids is 1. The zero-order chi connectivity index (χ0) is 17.8. The Labute approximate surface area is 141 Å². The molecule has 1 heterocycles. The highest BCUT2D eigenvalue weighted by molar-refractivity contribution is 5.90. The number of rotatable bonds is 5. The number of nitro benzene ring substituents is 1. The normalized spacial score (nSPS) is 10.6. The third kappa shape index (κ3) is 3.69. The molecular weight excluding hydrogens is 324 g/mol. The number of non-ortho nitro benzene ring substituents is 1. The van der Waals surface area contributed by atoms with E-state index in [1.807, 2.05) is 18.2 Å². The molecule has 8 nitrogen and oxygen atoms in total. The van der Waals surface area contributed by atoms with Gasteiger partial charge in [-0.2, -0.15) is 0 Å². The average molecular weight is 338 g/mol. The van der Waals surface area contributed by atoms with E-state index >= 15 is 0 Å². The summed E-state index contributed by atoms with van der Waals surface area (Å²) in [7, 11) is 0. The molecule has 25 heavy (non-hydrogen) atoms. The Balaban J connectivity index is 1.74. The lowest BCUT2D eigenvalue weighted by atomic mass is 10.2. The quantitative estimate of drug-likeness (QED) is 0.567. The fourth-order valence-corrected chi connectivity index (χ4v) is 2.39. The number of nitro groups is 1. The number of anilines is 1. The van der Waals surface area contributed by atoms with Gasteiger partial charge in [0.05, 0.1) is 22.2 Å². The third-order valence-electron chi connectivity index (χ3n) is 3.66. The molecule has 3 aromatic rings. The first kappa shape index (κ1) is 16.3. The number of hydrogen-bond acceptors (Lipinski definition) is 5. The first-order chi connectivity index (χ1) is 12.0. The van der Waals surface area contributed by atoms with E-state index in [0.29, 0.717) is 5.69 Å². The smallest absolute Gasteiger partial charge is 0.271 e. The van der Waals surface area contributed by atoms with Crippen LogP contribution in [0.2, 0.25) is 0 Å². The number of benzene rings is 2. The molecule has 8 heteroatoms. The van der Waals surface area contributed by atoms with Crippen molar-refractivity contribution in [3.05, 3.63) is 75.3 Å². The van der Waals surface area contributed by atoms with Gasteiger partial charge in [0.15, 0.2) is 0 Å². The van der Waals surface area contributed by atoms with Gasteiger partial charge >= 0.3 is 0 Å². The molecule has 0 fully saturated rings. The van der Waals surface area contributed by atoms with Crippen molar-refractivity contribution in [2.24, 2.45) is 0 Å². The lowest BCUT2D eigenvalue weighted by Gasteiger charge is -2.07. The lowest BCUT2D eigenvalue weighted by molar-refractivity contribution is -0.384. The van der Waals surface area contributed by atoms with Crippen molar-refractivity contribution in [2.75, 3.05) is 5.32 Å². The van der Waals surface area contributed by atoms with Gasteiger partial charge in [-0.3, -0.25) is 24.3 Å². The fraction of sp³-hybridized carbons (Fsp3) is 0.118. The minimum atomic E-state index is -0.541. The zero-order valence-corrected chi connectivity index (χ0v) is 13.1. The summed E-state index contributed by atoms with van der Waals surface area (Å²) in [5.41, 5.74) is 0.472. The molecule has 0 bridgehead atoms. The average Bonchev–Trinajstić information content (AvgIpc) is 2.61. The monoisotopic (exact) mass is 338 g/mol. The molecule has 0 aliphatic rings. The van der Waals surface area contributed by atoms with E-state index in [4.69, 9.17) is 0 Å². The molecule has 2 aromatic carbocycles. The molecule has 0 aliphatic heterocycles. The molecule has 0 spiro atoms. The van der Waals surface area contributed by atoms with Crippen molar-refractivity contribution < 1.29 is 9.72 Å². The zero-order valence-electron chi connectivity index (χ0n) is 13.1. The van der Waals surface area contributed by atoms with Gasteiger partial charge in [0.25, 0.3) is 11.2 Å². The largest absolute Gasteiger partial charge is 0.326 e. The maximum Gasteiger partial charge on any atom is 0.271 e. The van der Waals surface area contributed by atoms with Gasteiger partial charge in [-0.15, -0.1) is 0 Å². The van der Waals surface area contributed by atoms with E-state index in [-0.39, 0.29) is 41.0 Å². The van der Waals surface area contributed by atoms with E-state index in [2.05, 4.69) is 10.3 Å². The Kier molecular flexibility index (Phi) is 4.51. The number of aryl methyl sites for hydroxylation is 1. The number of fused-ring (bicyclic) bond motifs is 1. The highest BCUT2D eigenvalue weighted by Gasteiger charge is 2.11. The number of nitrogens with zero attached hydrogens (tertiary/aromatic N) is 3. The maximum absolute atomic E-state index is 12.4. The highest BCUT2D eigenvalue weighted by Crippen LogP contribution is 2.16. The molecule has 1 N–H and O–H groups in total. The van der Waals surface area contributed by atoms with Gasteiger partial charge in [-0.05, 0) is 18.2 Å². The van der Waals surface area contributed by atoms with Crippen molar-refractivity contribution >= 4 is 28.2 Å². The molecule has 3 rings (SSSR count). The second-order valence-electron chi connectivity index (χ2n) is 5.37. The van der Waals surface area contributed by atoms with Crippen LogP contribution in [0.5, 0.6) is 0 Å². The van der Waals surface area contributed by atoms with E-state index in [0.717, 1.165) is 0 Å². The van der Waals surface area contributed by atoms with Gasteiger partial charge in [-0.1, -0.05) is 18.2 Å². The maximum atomic E-state index is 12.4. The molecule has 1 amide bonds. The SMILES string of the molecule is O=C(CCn1cnc2cc([N+](=O)[O-])ccc2c1=O)Nc1ccccc1. The Hall–Kier alpha value is -3.55. The van der Waals surface area contributed by atoms with Crippen molar-refractivity contribution in [2.45, 2.75) is 13.0 Å². The van der Waals surface area contributed by atoms with Crippen LogP contribution in [0.25, 0.3) is 10.9 Å². The van der Waals surface area contributed by atoms with Crippen LogP contribution in [0.1, 0.15) is 6.42 Å². The highest BCUT2D eigenvalue weighted by atomic mass is 16.6. The summed E-state index contributed by atoms with van der Waals surface area (Å²) in [6.45, 7) is 0.164. The van der Waals surface area contributed by atoms with Crippen LogP contribution in [0.3, 0.4) is 0 Å². The van der Waals surface area contributed by atoms with Crippen molar-refractivity contribution in [3.63, 3.8) is 0 Å². The summed E-state index contributed by atoms with van der Waals surface area (Å²) < 4.78 is 1.32. The number of para-hydroxylation sites is 1. The third-order valence-corrected chi connectivity index (χ3v) is 3.66. The predicted octanol–water partition coefficient (Wildman–Crippen LogP) is 2.33. The minimum Gasteiger partial charge on any atom is -0.326 e. The van der Waals surface area contributed by atoms with Gasteiger partial charge in [-0.25, -0.2) is 4.98 Å². The van der Waals surface area contributed by atoms with Gasteiger partial charge in [0, 0.05) is 30.8 Å². The Morgan fingerprint density at radius 1 is 1.20 bits per heavy atom. The molecule has 0 atom stereocenters. The summed E-state index contributed by atoms with van der Waals surface area (Å²) in [5.74, 6) is -0.220. The summed E-state index contributed by atoms with van der Waals surface area (Å²) in [4.78, 5) is 38.7. The Bertz CT molecular complexity index is 998. The number of aromatic nitrogens is 2. The van der Waals surface area contributed by atoms with E-state index in [9.17, 15) is 19.7 Å². The fourth-order valence-electron chi connectivity index (χ4n) is 2.39. The van der Waals surface area contributed by atoms with Crippen molar-refractivity contribution in [1.29, 1.82) is 0 Å². The van der Waals surface area contributed by atoms with Crippen molar-refractivity contribution in [3.8, 4) is 0 Å². The van der Waals surface area contributed by atoms with Gasteiger partial charge in [0.2, 0.25) is 5.91 Å². The molecule has 126 valence electrons. The summed E-state index contributed by atoms with van der Waals surface area (Å²) in [6, 6.07) is 12.9. The van der Waals surface area contributed by atoms with Gasteiger partial charge in [0.1, 0.15) is 0 Å². The summed E-state index contributed by atoms with van der Waals surface area (Å²) in [6.07, 6.45) is 1.40.